The average Bonchev–Trinajstić information content (AvgIpc) is 3.08. The zero-order valence-electron chi connectivity index (χ0n) is 19.1. The van der Waals surface area contributed by atoms with E-state index in [1.807, 2.05) is 0 Å². The number of hydrogen-bond donors (Lipinski definition) is 1. The summed E-state index contributed by atoms with van der Waals surface area (Å²) in [6.07, 6.45) is 25.0. The van der Waals surface area contributed by atoms with Gasteiger partial charge in [-0.25, -0.2) is 4.79 Å². The molecule has 0 spiro atoms. The van der Waals surface area contributed by atoms with Crippen LogP contribution in [0.3, 0.4) is 0 Å². The van der Waals surface area contributed by atoms with E-state index in [0.717, 1.165) is 12.8 Å². The number of unbranched alkanes of at least 4 members (excludes halogenated alkanes) is 17. The van der Waals surface area contributed by atoms with E-state index in [1.54, 1.807) is 4.90 Å². The Morgan fingerprint density at radius 2 is 1.14 bits per heavy atom. The molecule has 0 bridgehead atoms. The van der Waals surface area contributed by atoms with Gasteiger partial charge in [0.1, 0.15) is 6.04 Å². The molecule has 29 heavy (non-hydrogen) atoms. The van der Waals surface area contributed by atoms with Crippen LogP contribution in [0.25, 0.3) is 0 Å². The molecular weight excluding hydrogens is 362 g/mol. The number of amides is 1. The number of carbonyl (C=O) groups excluding carboxylic acids is 1. The fourth-order valence-corrected chi connectivity index (χ4v) is 4.45. The second-order valence-electron chi connectivity index (χ2n) is 8.99. The standard InChI is InChI=1S/C25H47NO3/c1-2-3-4-5-6-7-8-9-10-11-12-13-14-15-16-17-18-19-22-26-23(25(28)29)20-21-24(26)27/h23H,2-22H2,1H3,(H,28,29). The Kier molecular flexibility index (Phi) is 15.9. The van der Waals surface area contributed by atoms with E-state index in [-0.39, 0.29) is 5.91 Å². The molecule has 1 aliphatic heterocycles. The first kappa shape index (κ1) is 26.0. The molecule has 0 aromatic rings. The minimum absolute atomic E-state index is 0.0179. The van der Waals surface area contributed by atoms with Gasteiger partial charge in [0, 0.05) is 13.0 Å². The number of likely N-dealkylation sites (tertiary alicyclic amines) is 1. The number of carbonyl (C=O) groups is 2. The topological polar surface area (TPSA) is 57.6 Å². The third-order valence-corrected chi connectivity index (χ3v) is 6.37. The average molecular weight is 410 g/mol. The summed E-state index contributed by atoms with van der Waals surface area (Å²) in [6.45, 7) is 2.90. The van der Waals surface area contributed by atoms with Gasteiger partial charge in [-0.3, -0.25) is 4.79 Å². The van der Waals surface area contributed by atoms with Crippen molar-refractivity contribution in [2.45, 2.75) is 141 Å². The van der Waals surface area contributed by atoms with Gasteiger partial charge in [0.15, 0.2) is 0 Å². The lowest BCUT2D eigenvalue weighted by Gasteiger charge is -2.21. The van der Waals surface area contributed by atoms with E-state index < -0.39 is 12.0 Å². The van der Waals surface area contributed by atoms with Crippen LogP contribution in [-0.2, 0) is 9.59 Å². The van der Waals surface area contributed by atoms with Gasteiger partial charge in [-0.1, -0.05) is 116 Å². The molecule has 4 nitrogen and oxygen atoms in total. The highest BCUT2D eigenvalue weighted by atomic mass is 16.4. The predicted molar refractivity (Wildman–Crippen MR) is 121 cm³/mol. The van der Waals surface area contributed by atoms with Crippen LogP contribution in [0.1, 0.15) is 135 Å². The maximum absolute atomic E-state index is 11.8. The van der Waals surface area contributed by atoms with Crippen molar-refractivity contribution in [1.29, 1.82) is 0 Å². The summed E-state index contributed by atoms with van der Waals surface area (Å²) in [6, 6.07) is -0.576. The molecule has 1 unspecified atom stereocenters. The molecule has 1 aliphatic rings. The van der Waals surface area contributed by atoms with Gasteiger partial charge in [0.2, 0.25) is 5.91 Å². The Hall–Kier alpha value is -1.06. The van der Waals surface area contributed by atoms with Gasteiger partial charge >= 0.3 is 5.97 Å². The molecule has 1 heterocycles. The number of rotatable bonds is 20. The second-order valence-corrected chi connectivity index (χ2v) is 8.99. The zero-order chi connectivity index (χ0) is 21.2. The quantitative estimate of drug-likeness (QED) is 0.218. The van der Waals surface area contributed by atoms with Gasteiger partial charge in [0.05, 0.1) is 0 Å². The first-order valence-electron chi connectivity index (χ1n) is 12.7. The molecule has 1 fully saturated rings. The van der Waals surface area contributed by atoms with E-state index in [1.165, 1.54) is 103 Å². The number of hydrogen-bond acceptors (Lipinski definition) is 2. The van der Waals surface area contributed by atoms with Crippen LogP contribution < -0.4 is 0 Å². The van der Waals surface area contributed by atoms with Gasteiger partial charge in [-0.05, 0) is 12.8 Å². The Morgan fingerprint density at radius 1 is 0.759 bits per heavy atom. The molecule has 0 radical (unpaired) electrons. The predicted octanol–water partition coefficient (Wildman–Crippen LogP) is 7.10. The molecule has 1 atom stereocenters. The lowest BCUT2D eigenvalue weighted by molar-refractivity contribution is -0.146. The SMILES string of the molecule is CCCCCCCCCCCCCCCCCCCCN1C(=O)CCC1C(=O)O. The monoisotopic (exact) mass is 409 g/mol. The highest BCUT2D eigenvalue weighted by Crippen LogP contribution is 2.20. The highest BCUT2D eigenvalue weighted by molar-refractivity contribution is 5.87. The fourth-order valence-electron chi connectivity index (χ4n) is 4.45. The van der Waals surface area contributed by atoms with E-state index in [2.05, 4.69) is 6.92 Å². The molecule has 1 saturated heterocycles. The van der Waals surface area contributed by atoms with Crippen molar-refractivity contribution in [3.63, 3.8) is 0 Å². The van der Waals surface area contributed by atoms with Gasteiger partial charge in [0.25, 0.3) is 0 Å². The maximum Gasteiger partial charge on any atom is 0.326 e. The summed E-state index contributed by atoms with van der Waals surface area (Å²) in [5.74, 6) is -0.831. The van der Waals surface area contributed by atoms with Crippen molar-refractivity contribution in [3.05, 3.63) is 0 Å². The number of carboxylic acids is 1. The van der Waals surface area contributed by atoms with Crippen LogP contribution in [0, 0.1) is 0 Å². The first-order chi connectivity index (χ1) is 14.2. The van der Waals surface area contributed by atoms with Crippen molar-refractivity contribution >= 4 is 11.9 Å². The summed E-state index contributed by atoms with van der Waals surface area (Å²) in [7, 11) is 0. The third kappa shape index (κ3) is 13.0. The first-order valence-corrected chi connectivity index (χ1v) is 12.7. The van der Waals surface area contributed by atoms with Crippen molar-refractivity contribution < 1.29 is 14.7 Å². The van der Waals surface area contributed by atoms with Gasteiger partial charge in [-0.15, -0.1) is 0 Å². The molecular formula is C25H47NO3. The van der Waals surface area contributed by atoms with Gasteiger partial charge < -0.3 is 10.0 Å². The molecule has 0 aromatic carbocycles. The Labute approximate surface area is 179 Å². The van der Waals surface area contributed by atoms with Crippen molar-refractivity contribution in [2.75, 3.05) is 6.54 Å². The molecule has 0 saturated carbocycles. The van der Waals surface area contributed by atoms with Crippen molar-refractivity contribution in [1.82, 2.24) is 4.90 Å². The Balaban J connectivity index is 1.78. The summed E-state index contributed by atoms with van der Waals surface area (Å²) in [4.78, 5) is 24.5. The van der Waals surface area contributed by atoms with Crippen LogP contribution in [0.4, 0.5) is 0 Å². The normalized spacial score (nSPS) is 16.7. The lowest BCUT2D eigenvalue weighted by atomic mass is 10.0. The second kappa shape index (κ2) is 17.8. The highest BCUT2D eigenvalue weighted by Gasteiger charge is 2.35. The fraction of sp³-hybridized carbons (Fsp3) is 0.920. The molecule has 1 N–H and O–H groups in total. The van der Waals surface area contributed by atoms with E-state index >= 15 is 0 Å². The zero-order valence-corrected chi connectivity index (χ0v) is 19.1. The van der Waals surface area contributed by atoms with Crippen LogP contribution in [0.15, 0.2) is 0 Å². The molecule has 170 valence electrons. The lowest BCUT2D eigenvalue weighted by Crippen LogP contribution is -2.39. The molecule has 0 aromatic heterocycles. The third-order valence-electron chi connectivity index (χ3n) is 6.37. The van der Waals surface area contributed by atoms with Crippen molar-refractivity contribution in [2.24, 2.45) is 0 Å². The van der Waals surface area contributed by atoms with Crippen LogP contribution in [-0.4, -0.2) is 34.5 Å². The summed E-state index contributed by atoms with van der Waals surface area (Å²) in [5, 5.41) is 9.16. The Bertz CT molecular complexity index is 424. The molecule has 4 heteroatoms. The van der Waals surface area contributed by atoms with Crippen LogP contribution >= 0.6 is 0 Å². The summed E-state index contributed by atoms with van der Waals surface area (Å²) >= 11 is 0. The number of aliphatic carboxylic acids is 1. The van der Waals surface area contributed by atoms with E-state index in [4.69, 9.17) is 5.11 Å². The van der Waals surface area contributed by atoms with Crippen LogP contribution in [0.5, 0.6) is 0 Å². The largest absolute Gasteiger partial charge is 0.480 e. The van der Waals surface area contributed by atoms with Crippen LogP contribution in [0.2, 0.25) is 0 Å². The summed E-state index contributed by atoms with van der Waals surface area (Å²) in [5.41, 5.74) is 0. The van der Waals surface area contributed by atoms with E-state index in [0.29, 0.717) is 19.4 Å². The number of nitrogens with zero attached hydrogens (tertiary/aromatic N) is 1. The van der Waals surface area contributed by atoms with Crippen molar-refractivity contribution in [3.8, 4) is 0 Å². The number of carboxylic acid groups (broad SMARTS) is 1. The van der Waals surface area contributed by atoms with E-state index in [9.17, 15) is 9.59 Å². The minimum atomic E-state index is -0.849. The smallest absolute Gasteiger partial charge is 0.326 e. The van der Waals surface area contributed by atoms with Gasteiger partial charge in [-0.2, -0.15) is 0 Å². The molecule has 0 aliphatic carbocycles. The minimum Gasteiger partial charge on any atom is -0.480 e. The Morgan fingerprint density at radius 3 is 1.52 bits per heavy atom. The molecule has 1 amide bonds. The molecule has 1 rings (SSSR count). The maximum atomic E-state index is 11.8. The summed E-state index contributed by atoms with van der Waals surface area (Å²) < 4.78 is 0.